The summed E-state index contributed by atoms with van der Waals surface area (Å²) in [6.45, 7) is 11.9. The molecule has 0 saturated heterocycles. The first-order valence-electron chi connectivity index (χ1n) is 8.36. The van der Waals surface area contributed by atoms with Gasteiger partial charge in [0.25, 0.3) is 0 Å². The minimum Gasteiger partial charge on any atom is -0.368 e. The van der Waals surface area contributed by atoms with Crippen molar-refractivity contribution in [3.8, 4) is 0 Å². The average Bonchev–Trinajstić information content (AvgIpc) is 2.92. The van der Waals surface area contributed by atoms with E-state index in [4.69, 9.17) is 5.73 Å². The summed E-state index contributed by atoms with van der Waals surface area (Å²) >= 11 is 0. The third-order valence-corrected chi connectivity index (χ3v) is 3.72. The molecule has 2 heterocycles. The van der Waals surface area contributed by atoms with Crippen molar-refractivity contribution in [2.45, 2.75) is 53.6 Å². The molecule has 22 heavy (non-hydrogen) atoms. The van der Waals surface area contributed by atoms with E-state index in [2.05, 4.69) is 28.9 Å². The van der Waals surface area contributed by atoms with Gasteiger partial charge in [0.2, 0.25) is 5.91 Å². The lowest BCUT2D eigenvalue weighted by Crippen LogP contribution is -2.38. The normalized spacial score (nSPS) is 16.0. The fraction of sp³-hybridized carbons (Fsp3) is 0.500. The van der Waals surface area contributed by atoms with E-state index >= 15 is 0 Å². The molecule has 0 saturated carbocycles. The molecule has 1 aliphatic rings. The predicted molar refractivity (Wildman–Crippen MR) is 94.0 cm³/mol. The van der Waals surface area contributed by atoms with E-state index in [9.17, 15) is 4.79 Å². The van der Waals surface area contributed by atoms with Gasteiger partial charge in [0.05, 0.1) is 0 Å². The number of aryl methyl sites for hydroxylation is 1. The van der Waals surface area contributed by atoms with E-state index in [1.54, 1.807) is 0 Å². The number of nitrogens with one attached hydrogen (secondary N) is 1. The third kappa shape index (κ3) is 3.17. The number of para-hydroxylation sites is 1. The number of fused-ring (bicyclic) bond motifs is 3. The lowest BCUT2D eigenvalue weighted by atomic mass is 9.97. The van der Waals surface area contributed by atoms with Crippen LogP contribution in [0.3, 0.4) is 0 Å². The highest BCUT2D eigenvalue weighted by Gasteiger charge is 2.29. The molecular formula is C18H29N3O. The van der Waals surface area contributed by atoms with Crippen molar-refractivity contribution >= 4 is 16.8 Å². The summed E-state index contributed by atoms with van der Waals surface area (Å²) in [5.41, 5.74) is 9.03. The Balaban J connectivity index is 0.000000561. The number of nitrogens with zero attached hydrogens (tertiary/aromatic N) is 1. The van der Waals surface area contributed by atoms with Crippen molar-refractivity contribution in [1.29, 1.82) is 0 Å². The highest BCUT2D eigenvalue weighted by Crippen LogP contribution is 2.33. The molecular weight excluding hydrogens is 274 g/mol. The van der Waals surface area contributed by atoms with Gasteiger partial charge in [0.15, 0.2) is 0 Å². The van der Waals surface area contributed by atoms with Crippen LogP contribution in [0.1, 0.15) is 51.9 Å². The van der Waals surface area contributed by atoms with Gasteiger partial charge in [-0.25, -0.2) is 0 Å². The quantitative estimate of drug-likeness (QED) is 0.893. The first-order chi connectivity index (χ1) is 10.7. The lowest BCUT2D eigenvalue weighted by Gasteiger charge is -2.23. The first-order valence-corrected chi connectivity index (χ1v) is 8.36. The SMILES string of the molecule is CC.CC.CCn1c2c(c3ccccc31)C(C(N)=O)NCC2. The topological polar surface area (TPSA) is 60.0 Å². The number of rotatable bonds is 2. The van der Waals surface area contributed by atoms with Gasteiger partial charge in [0.1, 0.15) is 6.04 Å². The molecule has 1 aliphatic heterocycles. The van der Waals surface area contributed by atoms with Crippen LogP contribution in [0, 0.1) is 0 Å². The van der Waals surface area contributed by atoms with Crippen LogP contribution in [0.2, 0.25) is 0 Å². The molecule has 1 aromatic heterocycles. The number of benzene rings is 1. The highest BCUT2D eigenvalue weighted by atomic mass is 16.1. The van der Waals surface area contributed by atoms with Crippen LogP contribution >= 0.6 is 0 Å². The summed E-state index contributed by atoms with van der Waals surface area (Å²) in [6.07, 6.45) is 0.946. The summed E-state index contributed by atoms with van der Waals surface area (Å²) < 4.78 is 2.29. The smallest absolute Gasteiger partial charge is 0.239 e. The van der Waals surface area contributed by atoms with Gasteiger partial charge in [-0.1, -0.05) is 45.9 Å². The highest BCUT2D eigenvalue weighted by molar-refractivity contribution is 5.93. The van der Waals surface area contributed by atoms with Gasteiger partial charge in [-0.15, -0.1) is 0 Å². The van der Waals surface area contributed by atoms with Crippen molar-refractivity contribution < 1.29 is 4.79 Å². The standard InChI is InChI=1S/C14H17N3O.2C2H6/c1-2-17-10-6-4-3-5-9(10)12-11(17)7-8-16-13(12)14(15)18;2*1-2/h3-6,13,16H,2,7-8H2,1H3,(H2,15,18);2*1-2H3. The molecule has 1 amide bonds. The van der Waals surface area contributed by atoms with E-state index < -0.39 is 0 Å². The molecule has 4 nitrogen and oxygen atoms in total. The fourth-order valence-corrected chi connectivity index (χ4v) is 3.02. The minimum atomic E-state index is -0.355. The van der Waals surface area contributed by atoms with Crippen LogP contribution in [-0.2, 0) is 17.8 Å². The predicted octanol–water partition coefficient (Wildman–Crippen LogP) is 3.39. The first kappa shape index (κ1) is 18.2. The number of hydrogen-bond donors (Lipinski definition) is 2. The lowest BCUT2D eigenvalue weighted by molar-refractivity contribution is -0.120. The van der Waals surface area contributed by atoms with Crippen LogP contribution in [-0.4, -0.2) is 17.0 Å². The molecule has 1 aromatic carbocycles. The molecule has 0 aliphatic carbocycles. The Morgan fingerprint density at radius 1 is 1.27 bits per heavy atom. The maximum absolute atomic E-state index is 11.6. The monoisotopic (exact) mass is 303 g/mol. The van der Waals surface area contributed by atoms with Gasteiger partial charge in [-0.3, -0.25) is 4.79 Å². The second kappa shape index (κ2) is 8.59. The van der Waals surface area contributed by atoms with Crippen molar-refractivity contribution in [3.63, 3.8) is 0 Å². The molecule has 0 spiro atoms. The molecule has 0 fully saturated rings. The van der Waals surface area contributed by atoms with Crippen LogP contribution in [0.15, 0.2) is 24.3 Å². The largest absolute Gasteiger partial charge is 0.368 e. The van der Waals surface area contributed by atoms with Crippen LogP contribution in [0.4, 0.5) is 0 Å². The number of nitrogens with two attached hydrogens (primary N) is 1. The van der Waals surface area contributed by atoms with Gasteiger partial charge >= 0.3 is 0 Å². The van der Waals surface area contributed by atoms with Crippen LogP contribution in [0.5, 0.6) is 0 Å². The summed E-state index contributed by atoms with van der Waals surface area (Å²) in [5, 5.41) is 4.36. The zero-order chi connectivity index (χ0) is 16.7. The number of hydrogen-bond acceptors (Lipinski definition) is 2. The zero-order valence-electron chi connectivity index (χ0n) is 14.4. The third-order valence-electron chi connectivity index (χ3n) is 3.72. The number of carbonyl (C=O) groups excluding carboxylic acids is 1. The number of amides is 1. The van der Waals surface area contributed by atoms with Crippen molar-refractivity contribution in [2.75, 3.05) is 6.54 Å². The number of carbonyl (C=O) groups is 1. The number of primary amides is 1. The summed E-state index contributed by atoms with van der Waals surface area (Å²) in [4.78, 5) is 11.6. The zero-order valence-corrected chi connectivity index (χ0v) is 14.4. The summed E-state index contributed by atoms with van der Waals surface area (Å²) in [7, 11) is 0. The molecule has 0 bridgehead atoms. The Morgan fingerprint density at radius 2 is 1.91 bits per heavy atom. The van der Waals surface area contributed by atoms with E-state index in [-0.39, 0.29) is 11.9 Å². The maximum atomic E-state index is 11.6. The van der Waals surface area contributed by atoms with Gasteiger partial charge in [-0.05, 0) is 13.0 Å². The van der Waals surface area contributed by atoms with E-state index in [0.29, 0.717) is 0 Å². The molecule has 122 valence electrons. The molecule has 3 rings (SSSR count). The summed E-state index contributed by atoms with van der Waals surface area (Å²) in [5.74, 6) is -0.296. The average molecular weight is 303 g/mol. The van der Waals surface area contributed by atoms with E-state index in [0.717, 1.165) is 30.5 Å². The molecule has 2 aromatic rings. The Bertz CT molecular complexity index is 616. The minimum absolute atomic E-state index is 0.296. The number of aromatic nitrogens is 1. The second-order valence-electron chi connectivity index (χ2n) is 4.66. The molecule has 1 unspecified atom stereocenters. The Labute approximate surface area is 133 Å². The molecule has 4 heteroatoms. The van der Waals surface area contributed by atoms with E-state index in [1.165, 1.54) is 11.2 Å². The Kier molecular flexibility index (Phi) is 7.12. The molecule has 3 N–H and O–H groups in total. The maximum Gasteiger partial charge on any atom is 0.239 e. The Morgan fingerprint density at radius 3 is 2.50 bits per heavy atom. The van der Waals surface area contributed by atoms with Gasteiger partial charge in [-0.2, -0.15) is 0 Å². The van der Waals surface area contributed by atoms with Crippen LogP contribution in [0.25, 0.3) is 10.9 Å². The van der Waals surface area contributed by atoms with E-state index in [1.807, 2.05) is 39.8 Å². The molecule has 1 atom stereocenters. The van der Waals surface area contributed by atoms with Gasteiger partial charge < -0.3 is 15.6 Å². The van der Waals surface area contributed by atoms with Crippen molar-refractivity contribution in [2.24, 2.45) is 5.73 Å². The van der Waals surface area contributed by atoms with Crippen LogP contribution < -0.4 is 11.1 Å². The van der Waals surface area contributed by atoms with Crippen molar-refractivity contribution in [1.82, 2.24) is 9.88 Å². The second-order valence-corrected chi connectivity index (χ2v) is 4.66. The summed E-state index contributed by atoms with van der Waals surface area (Å²) in [6, 6.07) is 7.87. The fourth-order valence-electron chi connectivity index (χ4n) is 3.02. The molecule has 0 radical (unpaired) electrons. The van der Waals surface area contributed by atoms with Crippen molar-refractivity contribution in [3.05, 3.63) is 35.5 Å². The van der Waals surface area contributed by atoms with Gasteiger partial charge in [0, 0.05) is 41.7 Å². The Hall–Kier alpha value is -1.81.